The summed E-state index contributed by atoms with van der Waals surface area (Å²) < 4.78 is 14.5. The monoisotopic (exact) mass is 396 g/mol. The minimum Gasteiger partial charge on any atom is -0.497 e. The summed E-state index contributed by atoms with van der Waals surface area (Å²) >= 11 is 0. The van der Waals surface area contributed by atoms with Crippen LogP contribution in [-0.2, 0) is 11.8 Å². The quantitative estimate of drug-likeness (QED) is 0.669. The van der Waals surface area contributed by atoms with E-state index >= 15 is 0 Å². The molecule has 1 atom stereocenters. The van der Waals surface area contributed by atoms with Crippen molar-refractivity contribution in [1.29, 1.82) is 0 Å². The van der Waals surface area contributed by atoms with Crippen molar-refractivity contribution in [3.63, 3.8) is 0 Å². The van der Waals surface area contributed by atoms with E-state index in [2.05, 4.69) is 10.1 Å². The Hall–Kier alpha value is -3.20. The molecule has 3 heterocycles. The maximum absolute atomic E-state index is 13.1. The first kappa shape index (κ1) is 19.1. The Balaban J connectivity index is 1.72. The molecule has 1 saturated heterocycles. The molecule has 0 aliphatic carbocycles. The Morgan fingerprint density at radius 3 is 2.83 bits per heavy atom. The van der Waals surface area contributed by atoms with Gasteiger partial charge < -0.3 is 14.4 Å². The maximum Gasteiger partial charge on any atom is 0.294 e. The summed E-state index contributed by atoms with van der Waals surface area (Å²) in [6.07, 6.45) is 1.53. The third-order valence-electron chi connectivity index (χ3n) is 5.16. The van der Waals surface area contributed by atoms with Crippen LogP contribution < -0.4 is 4.74 Å². The summed E-state index contributed by atoms with van der Waals surface area (Å²) in [5, 5.41) is 8.90. The van der Waals surface area contributed by atoms with Crippen molar-refractivity contribution in [2.75, 3.05) is 26.9 Å². The van der Waals surface area contributed by atoms with E-state index < -0.39 is 0 Å². The average Bonchev–Trinajstić information content (AvgIpc) is 3.30. The number of hydrogen-bond acceptors (Lipinski definition) is 6. The summed E-state index contributed by atoms with van der Waals surface area (Å²) in [6, 6.07) is 7.48. The predicted molar refractivity (Wildman–Crippen MR) is 105 cm³/mol. The van der Waals surface area contributed by atoms with Gasteiger partial charge in [-0.15, -0.1) is 5.10 Å². The molecular weight excluding hydrogens is 372 g/mol. The Morgan fingerprint density at radius 2 is 2.10 bits per heavy atom. The molecule has 0 N–H and O–H groups in total. The zero-order valence-electron chi connectivity index (χ0n) is 17.0. The molecule has 0 bridgehead atoms. The number of morpholine rings is 1. The molecule has 1 aliphatic heterocycles. The van der Waals surface area contributed by atoms with Crippen molar-refractivity contribution in [3.05, 3.63) is 53.4 Å². The van der Waals surface area contributed by atoms with Crippen LogP contribution in [-0.4, -0.2) is 62.2 Å². The fraction of sp³-hybridized carbons (Fsp3) is 0.400. The lowest BCUT2D eigenvalue weighted by Gasteiger charge is -2.35. The van der Waals surface area contributed by atoms with Gasteiger partial charge in [0.1, 0.15) is 12.1 Å². The van der Waals surface area contributed by atoms with Gasteiger partial charge in [0.15, 0.2) is 0 Å². The van der Waals surface area contributed by atoms with Crippen LogP contribution in [0.25, 0.3) is 5.69 Å². The first-order valence-corrected chi connectivity index (χ1v) is 9.44. The zero-order valence-corrected chi connectivity index (χ0v) is 17.0. The number of aryl methyl sites for hydroxylation is 2. The number of amides is 1. The first-order chi connectivity index (χ1) is 14.0. The van der Waals surface area contributed by atoms with E-state index in [1.807, 2.05) is 42.8 Å². The molecule has 9 heteroatoms. The lowest BCUT2D eigenvalue weighted by Crippen LogP contribution is -2.44. The number of rotatable bonds is 4. The number of hydrogen-bond donors (Lipinski definition) is 0. The van der Waals surface area contributed by atoms with Gasteiger partial charge in [-0.05, 0) is 26.0 Å². The Morgan fingerprint density at radius 1 is 1.28 bits per heavy atom. The van der Waals surface area contributed by atoms with Gasteiger partial charge >= 0.3 is 0 Å². The number of ether oxygens (including phenoxy) is 2. The van der Waals surface area contributed by atoms with E-state index in [1.54, 1.807) is 19.1 Å². The lowest BCUT2D eigenvalue weighted by atomic mass is 10.0. The van der Waals surface area contributed by atoms with E-state index in [-0.39, 0.29) is 17.8 Å². The summed E-state index contributed by atoms with van der Waals surface area (Å²) in [7, 11) is 3.38. The van der Waals surface area contributed by atoms with Crippen LogP contribution in [0.2, 0.25) is 0 Å². The molecule has 0 radical (unpaired) electrons. The van der Waals surface area contributed by atoms with E-state index in [0.29, 0.717) is 19.8 Å². The van der Waals surface area contributed by atoms with Crippen LogP contribution in [0, 0.1) is 13.8 Å². The van der Waals surface area contributed by atoms with Gasteiger partial charge in [-0.25, -0.2) is 9.67 Å². The van der Waals surface area contributed by atoms with Crippen LogP contribution in [0.3, 0.4) is 0 Å². The zero-order chi connectivity index (χ0) is 20.5. The van der Waals surface area contributed by atoms with Crippen LogP contribution in [0.4, 0.5) is 0 Å². The molecule has 1 fully saturated rings. The highest BCUT2D eigenvalue weighted by molar-refractivity contribution is 5.90. The molecule has 4 rings (SSSR count). The summed E-state index contributed by atoms with van der Waals surface area (Å²) in [5.74, 6) is 0.748. The fourth-order valence-corrected chi connectivity index (χ4v) is 3.78. The molecule has 1 unspecified atom stereocenters. The largest absolute Gasteiger partial charge is 0.497 e. The second-order valence-electron chi connectivity index (χ2n) is 7.03. The standard InChI is InChI=1S/C20H24N6O3/c1-13-18(14(2)26(22-13)15-6-5-7-16(10-15)28-4)17-11-29-9-8-25(17)20(27)19-21-12-24(3)23-19/h5-7,10,12,17H,8-9,11H2,1-4H3. The highest BCUT2D eigenvalue weighted by Gasteiger charge is 2.34. The molecule has 152 valence electrons. The van der Waals surface area contributed by atoms with Crippen LogP contribution in [0.1, 0.15) is 33.6 Å². The summed E-state index contributed by atoms with van der Waals surface area (Å²) in [4.78, 5) is 19.0. The SMILES string of the molecule is COc1cccc(-n2nc(C)c(C3COCCN3C(=O)c3ncn(C)n3)c2C)c1. The van der Waals surface area contributed by atoms with Crippen LogP contribution in [0.15, 0.2) is 30.6 Å². The minimum atomic E-state index is -0.251. The van der Waals surface area contributed by atoms with E-state index in [9.17, 15) is 4.79 Å². The lowest BCUT2D eigenvalue weighted by molar-refractivity contribution is -0.00368. The molecule has 1 aromatic carbocycles. The van der Waals surface area contributed by atoms with Crippen LogP contribution >= 0.6 is 0 Å². The number of carbonyl (C=O) groups excluding carboxylic acids is 1. The van der Waals surface area contributed by atoms with Crippen molar-refractivity contribution in [2.45, 2.75) is 19.9 Å². The second-order valence-corrected chi connectivity index (χ2v) is 7.03. The number of carbonyl (C=O) groups is 1. The van der Waals surface area contributed by atoms with Crippen LogP contribution in [0.5, 0.6) is 5.75 Å². The van der Waals surface area contributed by atoms with E-state index in [1.165, 1.54) is 11.0 Å². The highest BCUT2D eigenvalue weighted by atomic mass is 16.5. The van der Waals surface area contributed by atoms with Crippen molar-refractivity contribution in [1.82, 2.24) is 29.4 Å². The third-order valence-corrected chi connectivity index (χ3v) is 5.16. The molecule has 0 saturated carbocycles. The molecular formula is C20H24N6O3. The molecule has 3 aromatic rings. The van der Waals surface area contributed by atoms with Crippen molar-refractivity contribution >= 4 is 5.91 Å². The van der Waals surface area contributed by atoms with Gasteiger partial charge in [0, 0.05) is 30.9 Å². The van der Waals surface area contributed by atoms with Gasteiger partial charge in [-0.2, -0.15) is 5.10 Å². The van der Waals surface area contributed by atoms with Crippen molar-refractivity contribution in [3.8, 4) is 11.4 Å². The fourth-order valence-electron chi connectivity index (χ4n) is 3.78. The summed E-state index contributed by atoms with van der Waals surface area (Å²) in [5.41, 5.74) is 3.69. The molecule has 1 aliphatic rings. The van der Waals surface area contributed by atoms with E-state index in [4.69, 9.17) is 14.6 Å². The van der Waals surface area contributed by atoms with Crippen molar-refractivity contribution < 1.29 is 14.3 Å². The van der Waals surface area contributed by atoms with Gasteiger partial charge in [-0.3, -0.25) is 9.48 Å². The average molecular weight is 396 g/mol. The number of methoxy groups -OCH3 is 1. The Bertz CT molecular complexity index is 1040. The number of nitrogens with zero attached hydrogens (tertiary/aromatic N) is 6. The Kier molecular flexibility index (Phi) is 5.06. The molecule has 29 heavy (non-hydrogen) atoms. The van der Waals surface area contributed by atoms with Crippen molar-refractivity contribution in [2.24, 2.45) is 7.05 Å². The number of aromatic nitrogens is 5. The normalized spacial score (nSPS) is 16.8. The first-order valence-electron chi connectivity index (χ1n) is 9.44. The topological polar surface area (TPSA) is 87.3 Å². The van der Waals surface area contributed by atoms with E-state index in [0.717, 1.165) is 28.4 Å². The predicted octanol–water partition coefficient (Wildman–Crippen LogP) is 1.84. The Labute approximate surface area is 168 Å². The van der Waals surface area contributed by atoms with Gasteiger partial charge in [-0.1, -0.05) is 6.07 Å². The second kappa shape index (κ2) is 7.67. The molecule has 1 amide bonds. The smallest absolute Gasteiger partial charge is 0.294 e. The molecule has 2 aromatic heterocycles. The molecule has 9 nitrogen and oxygen atoms in total. The van der Waals surface area contributed by atoms with Gasteiger partial charge in [0.2, 0.25) is 5.82 Å². The summed E-state index contributed by atoms with van der Waals surface area (Å²) in [6.45, 7) is 5.33. The number of benzene rings is 1. The van der Waals surface area contributed by atoms with Gasteiger partial charge in [0.25, 0.3) is 5.91 Å². The highest BCUT2D eigenvalue weighted by Crippen LogP contribution is 2.32. The third kappa shape index (κ3) is 3.49. The van der Waals surface area contributed by atoms with Gasteiger partial charge in [0.05, 0.1) is 37.7 Å². The minimum absolute atomic E-state index is 0.190. The maximum atomic E-state index is 13.1. The molecule has 0 spiro atoms.